The summed E-state index contributed by atoms with van der Waals surface area (Å²) >= 11 is 1.37. The molecule has 1 aromatic carbocycles. The number of hydrogen-bond acceptors (Lipinski definition) is 5. The molecule has 1 heterocycles. The van der Waals surface area contributed by atoms with E-state index in [1.54, 1.807) is 0 Å². The van der Waals surface area contributed by atoms with E-state index >= 15 is 0 Å². The zero-order chi connectivity index (χ0) is 20.9. The Morgan fingerprint density at radius 3 is 2.46 bits per heavy atom. The first-order valence-electron chi connectivity index (χ1n) is 9.05. The molecule has 1 aliphatic heterocycles. The highest BCUT2D eigenvalue weighted by Crippen LogP contribution is 2.30. The molecule has 3 atom stereocenters. The number of ether oxygens (including phenoxy) is 1. The Hall–Kier alpha value is -1.74. The number of thioether (sulfide) groups is 1. The van der Waals surface area contributed by atoms with Gasteiger partial charge in [-0.1, -0.05) is 44.2 Å². The molecular weight excluding hydrogens is 393 g/mol. The van der Waals surface area contributed by atoms with Crippen LogP contribution in [0.3, 0.4) is 0 Å². The quantitative estimate of drug-likeness (QED) is 0.690. The molecule has 9 heteroatoms. The van der Waals surface area contributed by atoms with E-state index in [0.29, 0.717) is 12.2 Å². The van der Waals surface area contributed by atoms with Crippen LogP contribution in [0.4, 0.5) is 13.2 Å². The maximum absolute atomic E-state index is 12.6. The van der Waals surface area contributed by atoms with Crippen molar-refractivity contribution in [1.29, 1.82) is 0 Å². The second-order valence-corrected chi connectivity index (χ2v) is 8.48. The predicted octanol–water partition coefficient (Wildman–Crippen LogP) is 2.98. The van der Waals surface area contributed by atoms with Crippen molar-refractivity contribution in [3.63, 3.8) is 0 Å². The first-order valence-corrected chi connectivity index (χ1v) is 10.1. The molecule has 0 saturated carbocycles. The van der Waals surface area contributed by atoms with E-state index in [4.69, 9.17) is 10.5 Å². The van der Waals surface area contributed by atoms with Crippen LogP contribution in [0.5, 0.6) is 0 Å². The molecule has 156 valence electrons. The zero-order valence-electron chi connectivity index (χ0n) is 15.8. The maximum atomic E-state index is 12.6. The highest BCUT2D eigenvalue weighted by Gasteiger charge is 2.46. The molecule has 2 unspecified atom stereocenters. The van der Waals surface area contributed by atoms with E-state index in [0.717, 1.165) is 5.56 Å². The highest BCUT2D eigenvalue weighted by atomic mass is 32.2. The lowest BCUT2D eigenvalue weighted by atomic mass is 10.0. The lowest BCUT2D eigenvalue weighted by Gasteiger charge is -2.21. The molecule has 1 aliphatic rings. The smallest absolute Gasteiger partial charge is 0.453 e. The van der Waals surface area contributed by atoms with Gasteiger partial charge >= 0.3 is 12.1 Å². The van der Waals surface area contributed by atoms with Gasteiger partial charge in [-0.3, -0.25) is 4.79 Å². The normalized spacial score (nSPS) is 21.0. The average Bonchev–Trinajstić information content (AvgIpc) is 3.01. The number of nitrogens with two attached hydrogens (primary N) is 1. The summed E-state index contributed by atoms with van der Waals surface area (Å²) in [6.45, 7) is 3.98. The molecule has 1 fully saturated rings. The summed E-state index contributed by atoms with van der Waals surface area (Å²) in [6, 6.07) is 8.68. The number of nitrogens with zero attached hydrogens (tertiary/aromatic N) is 1. The summed E-state index contributed by atoms with van der Waals surface area (Å²) in [5.41, 5.74) is 6.93. The van der Waals surface area contributed by atoms with Gasteiger partial charge in [0.05, 0.1) is 17.8 Å². The summed E-state index contributed by atoms with van der Waals surface area (Å²) in [4.78, 5) is 25.3. The molecule has 1 saturated heterocycles. The van der Waals surface area contributed by atoms with Crippen molar-refractivity contribution in [1.82, 2.24) is 4.90 Å². The van der Waals surface area contributed by atoms with Crippen LogP contribution in [0, 0.1) is 5.92 Å². The van der Waals surface area contributed by atoms with Crippen molar-refractivity contribution in [2.45, 2.75) is 49.6 Å². The standard InChI is InChI=1S/C19H25F3N2O3S/c1-12(2)8-14(23)17(25)24-9-15(27-18(26)19(20,21)22)16(10-24)28-11-13-6-4-3-5-7-13/h3-7,12,14-16H,8-11,23H2,1-2H3/t14-,15?,16?/m0/s1. The number of carbonyl (C=O) groups is 2. The third-order valence-corrected chi connectivity index (χ3v) is 5.75. The summed E-state index contributed by atoms with van der Waals surface area (Å²) in [7, 11) is 0. The summed E-state index contributed by atoms with van der Waals surface area (Å²) in [6.07, 6.45) is -5.62. The number of rotatable bonds is 7. The number of carbonyl (C=O) groups excluding carboxylic acids is 2. The van der Waals surface area contributed by atoms with E-state index in [1.807, 2.05) is 44.2 Å². The highest BCUT2D eigenvalue weighted by molar-refractivity contribution is 7.99. The number of alkyl halides is 3. The molecule has 1 aromatic rings. The van der Waals surface area contributed by atoms with Gasteiger partial charge in [0, 0.05) is 12.3 Å². The van der Waals surface area contributed by atoms with Gasteiger partial charge in [0.2, 0.25) is 5.91 Å². The molecule has 0 aromatic heterocycles. The summed E-state index contributed by atoms with van der Waals surface area (Å²) < 4.78 is 42.6. The van der Waals surface area contributed by atoms with Crippen LogP contribution in [0.2, 0.25) is 0 Å². The van der Waals surface area contributed by atoms with Gasteiger partial charge < -0.3 is 15.4 Å². The van der Waals surface area contributed by atoms with E-state index < -0.39 is 29.5 Å². The van der Waals surface area contributed by atoms with Crippen LogP contribution in [0.1, 0.15) is 25.8 Å². The Bertz CT molecular complexity index is 670. The Morgan fingerprint density at radius 1 is 1.25 bits per heavy atom. The summed E-state index contributed by atoms with van der Waals surface area (Å²) in [5.74, 6) is -1.82. The van der Waals surface area contributed by atoms with Crippen molar-refractivity contribution in [3.05, 3.63) is 35.9 Å². The fraction of sp³-hybridized carbons (Fsp3) is 0.579. The molecule has 1 amide bonds. The van der Waals surface area contributed by atoms with Gasteiger partial charge in [-0.25, -0.2) is 4.79 Å². The van der Waals surface area contributed by atoms with Crippen LogP contribution in [0.25, 0.3) is 0 Å². The van der Waals surface area contributed by atoms with Gasteiger partial charge in [-0.15, -0.1) is 11.8 Å². The van der Waals surface area contributed by atoms with Crippen LogP contribution >= 0.6 is 11.8 Å². The molecule has 0 bridgehead atoms. The molecule has 2 N–H and O–H groups in total. The van der Waals surface area contributed by atoms with Crippen LogP contribution in [-0.4, -0.2) is 53.4 Å². The minimum atomic E-state index is -5.07. The molecule has 2 rings (SSSR count). The van der Waals surface area contributed by atoms with E-state index in [2.05, 4.69) is 0 Å². The number of halogens is 3. The fourth-order valence-electron chi connectivity index (χ4n) is 3.02. The largest absolute Gasteiger partial charge is 0.490 e. The van der Waals surface area contributed by atoms with Crippen molar-refractivity contribution < 1.29 is 27.5 Å². The van der Waals surface area contributed by atoms with Crippen molar-refractivity contribution in [3.8, 4) is 0 Å². The lowest BCUT2D eigenvalue weighted by molar-refractivity contribution is -0.204. The van der Waals surface area contributed by atoms with Gasteiger partial charge in [0.15, 0.2) is 0 Å². The number of hydrogen-bond donors (Lipinski definition) is 1. The SMILES string of the molecule is CC(C)C[C@H](N)C(=O)N1CC(OC(=O)C(F)(F)F)C(SCc2ccccc2)C1. The van der Waals surface area contributed by atoms with Crippen molar-refractivity contribution in [2.75, 3.05) is 13.1 Å². The van der Waals surface area contributed by atoms with Gasteiger partial charge in [-0.05, 0) is 17.9 Å². The number of esters is 1. The first kappa shape index (κ1) is 22.5. The lowest BCUT2D eigenvalue weighted by Crippen LogP contribution is -2.44. The Kier molecular flexibility index (Phi) is 7.77. The van der Waals surface area contributed by atoms with Crippen LogP contribution in [-0.2, 0) is 20.1 Å². The number of benzene rings is 1. The van der Waals surface area contributed by atoms with E-state index in [9.17, 15) is 22.8 Å². The molecule has 5 nitrogen and oxygen atoms in total. The maximum Gasteiger partial charge on any atom is 0.490 e. The molecular formula is C19H25F3N2O3S. The topological polar surface area (TPSA) is 72.6 Å². The molecule has 0 spiro atoms. The van der Waals surface area contributed by atoms with Gasteiger partial charge in [0.1, 0.15) is 6.10 Å². The molecule has 28 heavy (non-hydrogen) atoms. The Labute approximate surface area is 166 Å². The third-order valence-electron chi connectivity index (χ3n) is 4.37. The third kappa shape index (κ3) is 6.41. The predicted molar refractivity (Wildman–Crippen MR) is 101 cm³/mol. The number of likely N-dealkylation sites (tertiary alicyclic amines) is 1. The Morgan fingerprint density at radius 2 is 1.89 bits per heavy atom. The monoisotopic (exact) mass is 418 g/mol. The minimum absolute atomic E-state index is 0.0844. The van der Waals surface area contributed by atoms with E-state index in [-0.39, 0.29) is 24.9 Å². The molecule has 0 radical (unpaired) electrons. The van der Waals surface area contributed by atoms with Crippen molar-refractivity contribution >= 4 is 23.6 Å². The second kappa shape index (κ2) is 9.65. The van der Waals surface area contributed by atoms with Gasteiger partial charge in [-0.2, -0.15) is 13.2 Å². The average molecular weight is 418 g/mol. The van der Waals surface area contributed by atoms with Crippen LogP contribution < -0.4 is 5.73 Å². The van der Waals surface area contributed by atoms with Gasteiger partial charge in [0.25, 0.3) is 0 Å². The van der Waals surface area contributed by atoms with E-state index in [1.165, 1.54) is 16.7 Å². The second-order valence-electron chi connectivity index (χ2n) is 7.26. The fourth-order valence-corrected chi connectivity index (χ4v) is 4.26. The zero-order valence-corrected chi connectivity index (χ0v) is 16.6. The summed E-state index contributed by atoms with van der Waals surface area (Å²) in [5, 5.41) is -0.457. The first-order chi connectivity index (χ1) is 13.1. The minimum Gasteiger partial charge on any atom is -0.453 e. The molecule has 0 aliphatic carbocycles. The number of amides is 1. The van der Waals surface area contributed by atoms with Crippen LogP contribution in [0.15, 0.2) is 30.3 Å². The van der Waals surface area contributed by atoms with Crippen molar-refractivity contribution in [2.24, 2.45) is 11.7 Å². The Balaban J connectivity index is 2.06.